The van der Waals surface area contributed by atoms with Crippen LogP contribution in [-0.4, -0.2) is 81.8 Å². The Morgan fingerprint density at radius 3 is 1.92 bits per heavy atom. The summed E-state index contributed by atoms with van der Waals surface area (Å²) in [6, 6.07) is 20.5. The lowest BCUT2D eigenvalue weighted by Gasteiger charge is -2.36. The third-order valence-electron chi connectivity index (χ3n) is 9.11. The molecule has 8 nitrogen and oxygen atoms in total. The number of hydrogen-bond donors (Lipinski definition) is 2. The largest absolute Gasteiger partial charge is 0.460 e. The Morgan fingerprint density at radius 1 is 0.714 bits per heavy atom. The van der Waals surface area contributed by atoms with Crippen LogP contribution in [-0.2, 0) is 0 Å². The van der Waals surface area contributed by atoms with E-state index < -0.39 is 0 Å². The maximum Gasteiger partial charge on any atom is 0.202 e. The fourth-order valence-corrected chi connectivity index (χ4v) is 6.53. The molecule has 2 aliphatic carbocycles. The summed E-state index contributed by atoms with van der Waals surface area (Å²) in [6.45, 7) is 0. The first-order chi connectivity index (χ1) is 23.4. The molecule has 252 valence electrons. The van der Waals surface area contributed by atoms with Crippen LogP contribution in [0.25, 0.3) is 0 Å². The van der Waals surface area contributed by atoms with Crippen molar-refractivity contribution in [3.8, 4) is 11.5 Å². The van der Waals surface area contributed by atoms with Crippen molar-refractivity contribution >= 4 is 51.3 Å². The number of nitrogens with zero attached hydrogens (tertiary/aromatic N) is 4. The summed E-state index contributed by atoms with van der Waals surface area (Å²) < 4.78 is 16.7. The number of hydrogen-bond acceptors (Lipinski definition) is 7. The van der Waals surface area contributed by atoms with Gasteiger partial charge < -0.3 is 30.3 Å². The average Bonchev–Trinajstić information content (AvgIpc) is 3.08. The van der Waals surface area contributed by atoms with E-state index in [0.717, 1.165) is 73.2 Å². The highest BCUT2D eigenvalue weighted by molar-refractivity contribution is 7.81. The zero-order chi connectivity index (χ0) is 35.0. The topological polar surface area (TPSA) is 69.0 Å². The smallest absolute Gasteiger partial charge is 0.202 e. The molecule has 0 fully saturated rings. The van der Waals surface area contributed by atoms with Gasteiger partial charge in [0.15, 0.2) is 0 Å². The molecule has 0 saturated heterocycles. The number of rotatable bonds is 4. The predicted octanol–water partition coefficient (Wildman–Crippen LogP) is 6.31. The van der Waals surface area contributed by atoms with Gasteiger partial charge in [0.2, 0.25) is 11.4 Å². The second kappa shape index (κ2) is 13.8. The number of ether oxygens (including phenoxy) is 2. The van der Waals surface area contributed by atoms with Crippen LogP contribution in [0.2, 0.25) is 0 Å². The number of nitrogens with two attached hydrogens (primary N) is 1. The van der Waals surface area contributed by atoms with E-state index in [0.29, 0.717) is 0 Å². The summed E-state index contributed by atoms with van der Waals surface area (Å²) in [7, 11) is 16.3. The van der Waals surface area contributed by atoms with Crippen LogP contribution >= 0.6 is 12.2 Å². The van der Waals surface area contributed by atoms with Crippen molar-refractivity contribution in [3.63, 3.8) is 0 Å². The molecule has 3 aromatic rings. The first-order valence-electron chi connectivity index (χ1n) is 16.4. The van der Waals surface area contributed by atoms with Gasteiger partial charge in [-0.3, -0.25) is 0 Å². The standard InChI is InChI=1S/C23H27N4O.C17H19N2OS/c1-26(2)17-9-11-19-21(13-17)28-22-14-18(27(3)4)10-12-20(22)23(19)25-16-7-5-15(24)6-8-16;1-18(2)11-5-7-13-15(9-11)20-16-10-12(19(3)4)6-8-14(16)17(13)21/h5-14,19,23,25H,24H2,1-4H3;5-10,13H,1-4H3/q2*+1. The minimum Gasteiger partial charge on any atom is -0.460 e. The summed E-state index contributed by atoms with van der Waals surface area (Å²) in [4.78, 5) is 5.08. The van der Waals surface area contributed by atoms with E-state index in [9.17, 15) is 0 Å². The minimum atomic E-state index is 0.0707. The number of nitrogens with one attached hydrogen (secondary N) is 1. The number of thiocarbonyl (C=S) groups is 1. The lowest BCUT2D eigenvalue weighted by Crippen LogP contribution is -2.31. The van der Waals surface area contributed by atoms with Crippen molar-refractivity contribution in [3.05, 3.63) is 120 Å². The van der Waals surface area contributed by atoms with E-state index >= 15 is 0 Å². The second-order valence-corrected chi connectivity index (χ2v) is 13.9. The van der Waals surface area contributed by atoms with Crippen molar-refractivity contribution in [1.29, 1.82) is 0 Å². The van der Waals surface area contributed by atoms with E-state index in [1.165, 1.54) is 0 Å². The van der Waals surface area contributed by atoms with Crippen LogP contribution in [0.4, 0.5) is 22.7 Å². The van der Waals surface area contributed by atoms with Gasteiger partial charge in [-0.25, -0.2) is 9.15 Å². The van der Waals surface area contributed by atoms with Crippen molar-refractivity contribution < 1.29 is 18.6 Å². The van der Waals surface area contributed by atoms with E-state index in [2.05, 4.69) is 91.1 Å². The fraction of sp³-hybridized carbons (Fsp3) is 0.275. The normalized spacial score (nSPS) is 19.7. The molecule has 3 aromatic carbocycles. The molecule has 7 rings (SSSR count). The molecule has 0 bridgehead atoms. The highest BCUT2D eigenvalue weighted by Crippen LogP contribution is 2.45. The Bertz CT molecular complexity index is 1980. The number of fused-ring (bicyclic) bond motifs is 4. The Hall–Kier alpha value is -5.15. The third-order valence-corrected chi connectivity index (χ3v) is 9.58. The van der Waals surface area contributed by atoms with Gasteiger partial charge in [-0.1, -0.05) is 30.4 Å². The van der Waals surface area contributed by atoms with Crippen molar-refractivity contribution in [2.24, 2.45) is 11.8 Å². The second-order valence-electron chi connectivity index (χ2n) is 13.5. The Morgan fingerprint density at radius 2 is 1.29 bits per heavy atom. The molecule has 0 amide bonds. The van der Waals surface area contributed by atoms with Crippen LogP contribution in [0.1, 0.15) is 17.2 Å². The van der Waals surface area contributed by atoms with Gasteiger partial charge in [0, 0.05) is 103 Å². The molecule has 3 N–H and O–H groups in total. The van der Waals surface area contributed by atoms with Crippen LogP contribution < -0.4 is 30.3 Å². The monoisotopic (exact) mass is 674 g/mol. The van der Waals surface area contributed by atoms with Gasteiger partial charge in [0.05, 0.1) is 17.9 Å². The fourth-order valence-electron chi connectivity index (χ4n) is 6.16. The molecule has 3 atom stereocenters. The maximum absolute atomic E-state index is 6.37. The SMILES string of the molecule is CN(C)c1ccc2c(c1)OC1=CC(=[N+](C)C)C=CC1C2=S.CN(C)c1ccc2c(c1)OC1=CC(=[N+](C)C)C=CC1C2Nc1ccc(N)cc1. The molecule has 9 heteroatoms. The highest BCUT2D eigenvalue weighted by Gasteiger charge is 2.36. The summed E-state index contributed by atoms with van der Waals surface area (Å²) in [6.07, 6.45) is 12.8. The molecule has 49 heavy (non-hydrogen) atoms. The zero-order valence-electron chi connectivity index (χ0n) is 29.6. The number of benzene rings is 3. The highest BCUT2D eigenvalue weighted by atomic mass is 32.1. The lowest BCUT2D eigenvalue weighted by atomic mass is 9.84. The van der Waals surface area contributed by atoms with Crippen molar-refractivity contribution in [2.45, 2.75) is 6.04 Å². The van der Waals surface area contributed by atoms with E-state index in [-0.39, 0.29) is 17.9 Å². The number of anilines is 4. The summed E-state index contributed by atoms with van der Waals surface area (Å²) in [5.41, 5.74) is 14.3. The van der Waals surface area contributed by atoms with Crippen molar-refractivity contribution in [1.82, 2.24) is 0 Å². The Kier molecular flexibility index (Phi) is 9.48. The van der Waals surface area contributed by atoms with Crippen molar-refractivity contribution in [2.75, 3.05) is 77.2 Å². The molecule has 0 saturated carbocycles. The predicted molar refractivity (Wildman–Crippen MR) is 207 cm³/mol. The molecule has 4 aliphatic rings. The average molecular weight is 675 g/mol. The first kappa shape index (κ1) is 33.7. The van der Waals surface area contributed by atoms with E-state index in [1.807, 2.05) is 86.7 Å². The minimum absolute atomic E-state index is 0.0707. The Labute approximate surface area is 295 Å². The molecule has 0 aromatic heterocycles. The number of nitrogen functional groups attached to an aromatic ring is 1. The van der Waals surface area contributed by atoms with Gasteiger partial charge in [-0.05, 0) is 42.5 Å². The zero-order valence-corrected chi connectivity index (χ0v) is 30.4. The molecule has 0 spiro atoms. The lowest BCUT2D eigenvalue weighted by molar-refractivity contribution is -0.462. The van der Waals surface area contributed by atoms with Crippen LogP contribution in [0.15, 0.2) is 109 Å². The molecular formula is C40H46N6O2S+2. The van der Waals surface area contributed by atoms with Crippen LogP contribution in [0.5, 0.6) is 11.5 Å². The Balaban J connectivity index is 0.000000177. The van der Waals surface area contributed by atoms with Gasteiger partial charge in [0.25, 0.3) is 0 Å². The van der Waals surface area contributed by atoms with Gasteiger partial charge >= 0.3 is 0 Å². The molecular weight excluding hydrogens is 629 g/mol. The van der Waals surface area contributed by atoms with E-state index in [4.69, 9.17) is 27.4 Å². The van der Waals surface area contributed by atoms with E-state index in [1.54, 1.807) is 0 Å². The molecule has 2 aliphatic heterocycles. The van der Waals surface area contributed by atoms with Gasteiger partial charge in [-0.2, -0.15) is 0 Å². The quantitative estimate of drug-likeness (QED) is 0.191. The van der Waals surface area contributed by atoms with Crippen LogP contribution in [0, 0.1) is 11.8 Å². The van der Waals surface area contributed by atoms with Gasteiger partial charge in [0.1, 0.15) is 51.2 Å². The maximum atomic E-state index is 6.37. The molecule has 3 unspecified atom stereocenters. The summed E-state index contributed by atoms with van der Waals surface area (Å²) in [5, 5.41) is 3.69. The first-order valence-corrected chi connectivity index (χ1v) is 16.8. The molecule has 2 heterocycles. The summed E-state index contributed by atoms with van der Waals surface area (Å²) in [5.74, 6) is 3.81. The van der Waals surface area contributed by atoms with Gasteiger partial charge in [-0.15, -0.1) is 0 Å². The third kappa shape index (κ3) is 7.03. The summed E-state index contributed by atoms with van der Waals surface area (Å²) >= 11 is 5.66. The number of allylic oxidation sites excluding steroid dienone is 5. The molecule has 0 radical (unpaired) electrons. The van der Waals surface area contributed by atoms with Crippen LogP contribution in [0.3, 0.4) is 0 Å².